The molecular formula is C12H21N7OS. The van der Waals surface area contributed by atoms with Gasteiger partial charge in [-0.1, -0.05) is 11.8 Å². The van der Waals surface area contributed by atoms with Crippen LogP contribution in [0.5, 0.6) is 0 Å². The Hall–Kier alpha value is -1.66. The van der Waals surface area contributed by atoms with Crippen molar-refractivity contribution in [3.05, 3.63) is 0 Å². The normalized spacial score (nSPS) is 11.1. The molecule has 0 bridgehead atoms. The van der Waals surface area contributed by atoms with Crippen molar-refractivity contribution in [1.29, 1.82) is 5.26 Å². The van der Waals surface area contributed by atoms with Gasteiger partial charge in [-0.2, -0.15) is 5.26 Å². The van der Waals surface area contributed by atoms with Crippen LogP contribution in [0, 0.1) is 11.3 Å². The van der Waals surface area contributed by atoms with E-state index >= 15 is 0 Å². The standard InChI is InChI=1S/C12H21N7OS/c1-12(2,3)15-7-8-19-11(16-17-18-19)21-9-10(20)14-6-4-5-13/h15H,4,6-9H2,1-3H3,(H,14,20). The summed E-state index contributed by atoms with van der Waals surface area (Å²) in [5.74, 6) is 0.107. The fraction of sp³-hybridized carbons (Fsp3) is 0.750. The monoisotopic (exact) mass is 311 g/mol. The molecule has 0 unspecified atom stereocenters. The van der Waals surface area contributed by atoms with Gasteiger partial charge in [0.05, 0.1) is 24.8 Å². The van der Waals surface area contributed by atoms with Crippen LogP contribution in [-0.2, 0) is 11.3 Å². The van der Waals surface area contributed by atoms with Gasteiger partial charge in [0.2, 0.25) is 11.1 Å². The summed E-state index contributed by atoms with van der Waals surface area (Å²) in [6.07, 6.45) is 0.312. The van der Waals surface area contributed by atoms with Crippen LogP contribution in [0.3, 0.4) is 0 Å². The molecule has 2 N–H and O–H groups in total. The predicted molar refractivity (Wildman–Crippen MR) is 79.5 cm³/mol. The minimum atomic E-state index is -0.127. The van der Waals surface area contributed by atoms with Crippen molar-refractivity contribution in [2.24, 2.45) is 0 Å². The minimum Gasteiger partial charge on any atom is -0.354 e. The lowest BCUT2D eigenvalue weighted by molar-refractivity contribution is -0.118. The molecule has 0 aliphatic rings. The van der Waals surface area contributed by atoms with Crippen molar-refractivity contribution in [2.45, 2.75) is 44.4 Å². The molecule has 1 aromatic heterocycles. The third kappa shape index (κ3) is 7.63. The van der Waals surface area contributed by atoms with E-state index in [-0.39, 0.29) is 17.2 Å². The Bertz CT molecular complexity index is 489. The maximum absolute atomic E-state index is 11.5. The zero-order valence-electron chi connectivity index (χ0n) is 12.6. The molecule has 1 heterocycles. The van der Waals surface area contributed by atoms with E-state index in [1.54, 1.807) is 4.68 Å². The van der Waals surface area contributed by atoms with E-state index in [2.05, 4.69) is 46.9 Å². The summed E-state index contributed by atoms with van der Waals surface area (Å²) in [7, 11) is 0. The van der Waals surface area contributed by atoms with Gasteiger partial charge in [-0.25, -0.2) is 4.68 Å². The van der Waals surface area contributed by atoms with E-state index in [9.17, 15) is 4.79 Å². The van der Waals surface area contributed by atoms with E-state index in [4.69, 9.17) is 5.26 Å². The largest absolute Gasteiger partial charge is 0.354 e. The van der Waals surface area contributed by atoms with Gasteiger partial charge >= 0.3 is 0 Å². The second kappa shape index (κ2) is 8.59. The maximum Gasteiger partial charge on any atom is 0.230 e. The molecule has 8 nitrogen and oxygen atoms in total. The number of thioether (sulfide) groups is 1. The van der Waals surface area contributed by atoms with Crippen LogP contribution in [0.2, 0.25) is 0 Å². The second-order valence-electron chi connectivity index (χ2n) is 5.41. The molecule has 21 heavy (non-hydrogen) atoms. The number of nitriles is 1. The Morgan fingerprint density at radius 1 is 1.43 bits per heavy atom. The lowest BCUT2D eigenvalue weighted by Gasteiger charge is -2.20. The van der Waals surface area contributed by atoms with Gasteiger partial charge in [-0.3, -0.25) is 4.79 Å². The summed E-state index contributed by atoms with van der Waals surface area (Å²) < 4.78 is 1.67. The van der Waals surface area contributed by atoms with Gasteiger partial charge in [0.15, 0.2) is 0 Å². The number of nitrogens with one attached hydrogen (secondary N) is 2. The summed E-state index contributed by atoms with van der Waals surface area (Å²) in [4.78, 5) is 11.5. The van der Waals surface area contributed by atoms with Gasteiger partial charge in [-0.05, 0) is 31.2 Å². The van der Waals surface area contributed by atoms with Crippen LogP contribution in [0.25, 0.3) is 0 Å². The number of amides is 1. The van der Waals surface area contributed by atoms with Crippen LogP contribution < -0.4 is 10.6 Å². The molecule has 1 aromatic rings. The molecule has 0 saturated heterocycles. The first kappa shape index (κ1) is 17.4. The van der Waals surface area contributed by atoms with E-state index in [1.165, 1.54) is 11.8 Å². The Balaban J connectivity index is 2.35. The number of hydrogen-bond donors (Lipinski definition) is 2. The molecule has 0 saturated carbocycles. The molecule has 0 radical (unpaired) electrons. The Morgan fingerprint density at radius 2 is 2.19 bits per heavy atom. The quantitative estimate of drug-likeness (QED) is 0.521. The highest BCUT2D eigenvalue weighted by Crippen LogP contribution is 2.12. The van der Waals surface area contributed by atoms with Crippen molar-refractivity contribution in [1.82, 2.24) is 30.8 Å². The predicted octanol–water partition coefficient (Wildman–Crippen LogP) is 0.183. The first-order valence-corrected chi connectivity index (χ1v) is 7.68. The molecule has 0 aromatic carbocycles. The molecular weight excluding hydrogens is 290 g/mol. The summed E-state index contributed by atoms with van der Waals surface area (Å²) in [5.41, 5.74) is 0.0436. The number of carbonyl (C=O) groups excluding carboxylic acids is 1. The highest BCUT2D eigenvalue weighted by atomic mass is 32.2. The van der Waals surface area contributed by atoms with Crippen LogP contribution in [0.1, 0.15) is 27.2 Å². The molecule has 1 amide bonds. The van der Waals surface area contributed by atoms with Gasteiger partial charge in [0.1, 0.15) is 0 Å². The molecule has 0 spiro atoms. The van der Waals surface area contributed by atoms with Crippen LogP contribution in [0.4, 0.5) is 0 Å². The number of tetrazole rings is 1. The topological polar surface area (TPSA) is 109 Å². The van der Waals surface area contributed by atoms with Gasteiger partial charge < -0.3 is 10.6 Å². The number of hydrogen-bond acceptors (Lipinski definition) is 7. The summed E-state index contributed by atoms with van der Waals surface area (Å²) in [6, 6.07) is 1.97. The average Bonchev–Trinajstić information content (AvgIpc) is 2.83. The fourth-order valence-electron chi connectivity index (χ4n) is 1.42. The highest BCUT2D eigenvalue weighted by Gasteiger charge is 2.12. The van der Waals surface area contributed by atoms with Crippen molar-refractivity contribution >= 4 is 17.7 Å². The number of nitrogens with zero attached hydrogens (tertiary/aromatic N) is 5. The van der Waals surface area contributed by atoms with Crippen LogP contribution in [0.15, 0.2) is 5.16 Å². The molecule has 9 heteroatoms. The highest BCUT2D eigenvalue weighted by molar-refractivity contribution is 7.99. The van der Waals surface area contributed by atoms with E-state index < -0.39 is 0 Å². The zero-order chi connectivity index (χ0) is 15.7. The van der Waals surface area contributed by atoms with Crippen molar-refractivity contribution in [2.75, 3.05) is 18.8 Å². The zero-order valence-corrected chi connectivity index (χ0v) is 13.4. The smallest absolute Gasteiger partial charge is 0.230 e. The van der Waals surface area contributed by atoms with E-state index in [1.807, 2.05) is 6.07 Å². The number of rotatable bonds is 8. The van der Waals surface area contributed by atoms with Gasteiger partial charge in [0, 0.05) is 18.6 Å². The summed E-state index contributed by atoms with van der Waals surface area (Å²) in [6.45, 7) is 8.03. The fourth-order valence-corrected chi connectivity index (χ4v) is 2.15. The third-order valence-corrected chi connectivity index (χ3v) is 3.33. The molecule has 1 rings (SSSR count). The van der Waals surface area contributed by atoms with Crippen LogP contribution in [-0.4, -0.2) is 50.5 Å². The van der Waals surface area contributed by atoms with E-state index in [0.717, 1.165) is 6.54 Å². The number of aromatic nitrogens is 4. The molecule has 116 valence electrons. The Kier molecular flexibility index (Phi) is 7.11. The summed E-state index contributed by atoms with van der Waals surface area (Å²) in [5, 5.41) is 26.5. The average molecular weight is 311 g/mol. The molecule has 0 aliphatic carbocycles. The lowest BCUT2D eigenvalue weighted by atomic mass is 10.1. The van der Waals surface area contributed by atoms with Crippen LogP contribution >= 0.6 is 11.8 Å². The van der Waals surface area contributed by atoms with Crippen molar-refractivity contribution in [3.8, 4) is 6.07 Å². The Morgan fingerprint density at radius 3 is 2.86 bits per heavy atom. The molecule has 0 atom stereocenters. The molecule has 0 aliphatic heterocycles. The van der Waals surface area contributed by atoms with Gasteiger partial charge in [0.25, 0.3) is 0 Å². The SMILES string of the molecule is CC(C)(C)NCCn1nnnc1SCC(=O)NCCC#N. The van der Waals surface area contributed by atoms with Crippen molar-refractivity contribution < 1.29 is 4.79 Å². The van der Waals surface area contributed by atoms with Gasteiger partial charge in [-0.15, -0.1) is 5.10 Å². The first-order chi connectivity index (χ1) is 9.92. The lowest BCUT2D eigenvalue weighted by Crippen LogP contribution is -2.38. The molecule has 0 fully saturated rings. The minimum absolute atomic E-state index is 0.0436. The third-order valence-electron chi connectivity index (χ3n) is 2.37. The maximum atomic E-state index is 11.5. The summed E-state index contributed by atoms with van der Waals surface area (Å²) >= 11 is 1.28. The van der Waals surface area contributed by atoms with Crippen molar-refractivity contribution in [3.63, 3.8) is 0 Å². The first-order valence-electron chi connectivity index (χ1n) is 6.70. The Labute approximate surface area is 128 Å². The second-order valence-corrected chi connectivity index (χ2v) is 6.35. The van der Waals surface area contributed by atoms with E-state index in [0.29, 0.717) is 24.7 Å². The number of carbonyl (C=O) groups is 1.